The van der Waals surface area contributed by atoms with Crippen LogP contribution in [0.3, 0.4) is 0 Å². The Morgan fingerprint density at radius 1 is 0.742 bits per heavy atom. The maximum Gasteiger partial charge on any atom is 0.266 e. The normalized spacial score (nSPS) is 12.7. The van der Waals surface area contributed by atoms with Gasteiger partial charge in [-0.1, -0.05) is 6.07 Å². The van der Waals surface area contributed by atoms with Crippen molar-refractivity contribution in [3.8, 4) is 0 Å². The molecule has 4 rings (SSSR count). The minimum absolute atomic E-state index is 0.0620. The maximum atomic E-state index is 13.0. The lowest BCUT2D eigenvalue weighted by molar-refractivity contribution is 0.0924. The van der Waals surface area contributed by atoms with Gasteiger partial charge in [-0.15, -0.1) is 0 Å². The van der Waals surface area contributed by atoms with Gasteiger partial charge in [-0.3, -0.25) is 19.2 Å². The van der Waals surface area contributed by atoms with Gasteiger partial charge in [-0.25, -0.2) is 4.90 Å². The first-order valence-electron chi connectivity index (χ1n) is 9.78. The van der Waals surface area contributed by atoms with Crippen LogP contribution in [0.5, 0.6) is 0 Å². The predicted octanol–water partition coefficient (Wildman–Crippen LogP) is 4.56. The third kappa shape index (κ3) is 3.64. The highest BCUT2D eigenvalue weighted by atomic mass is 16.2. The molecule has 31 heavy (non-hydrogen) atoms. The molecule has 0 radical (unpaired) electrons. The number of ketones is 1. The molecule has 0 saturated carbocycles. The van der Waals surface area contributed by atoms with Crippen LogP contribution in [-0.2, 0) is 0 Å². The van der Waals surface area contributed by atoms with E-state index in [1.54, 1.807) is 36.4 Å². The zero-order valence-corrected chi connectivity index (χ0v) is 17.4. The summed E-state index contributed by atoms with van der Waals surface area (Å²) in [6, 6.07) is 16.4. The number of anilines is 2. The molecule has 154 valence electrons. The first-order chi connectivity index (χ1) is 14.8. The third-order valence-corrected chi connectivity index (χ3v) is 5.45. The van der Waals surface area contributed by atoms with Gasteiger partial charge in [-0.2, -0.15) is 0 Å². The van der Waals surface area contributed by atoms with Crippen molar-refractivity contribution in [3.05, 3.63) is 94.0 Å². The van der Waals surface area contributed by atoms with Gasteiger partial charge in [0, 0.05) is 16.8 Å². The monoisotopic (exact) mass is 412 g/mol. The summed E-state index contributed by atoms with van der Waals surface area (Å²) in [7, 11) is 0. The van der Waals surface area contributed by atoms with Gasteiger partial charge in [0.25, 0.3) is 17.7 Å². The van der Waals surface area contributed by atoms with E-state index in [2.05, 4.69) is 5.32 Å². The standard InChI is InChI=1S/C25H20N2O4/c1-14-4-10-20(12-15(14)2)27-24(30)21-11-7-18(13-22(21)25(27)31)23(29)26-19-8-5-17(6-9-19)16(3)28/h4-13H,1-3H3,(H,26,29). The van der Waals surface area contributed by atoms with Crippen molar-refractivity contribution in [2.45, 2.75) is 20.8 Å². The SMILES string of the molecule is CC(=O)c1ccc(NC(=O)c2ccc3c(c2)C(=O)N(c2ccc(C)c(C)c2)C3=O)cc1. The molecule has 6 heteroatoms. The summed E-state index contributed by atoms with van der Waals surface area (Å²) in [6.45, 7) is 5.35. The number of Topliss-reactive ketones (excluding diaryl/α,β-unsaturated/α-hetero) is 1. The van der Waals surface area contributed by atoms with Crippen molar-refractivity contribution >= 4 is 34.9 Å². The molecule has 0 bridgehead atoms. The van der Waals surface area contributed by atoms with E-state index in [1.165, 1.54) is 25.1 Å². The van der Waals surface area contributed by atoms with Crippen LogP contribution >= 0.6 is 0 Å². The fraction of sp³-hybridized carbons (Fsp3) is 0.120. The first kappa shape index (κ1) is 20.2. The predicted molar refractivity (Wildman–Crippen MR) is 118 cm³/mol. The molecule has 0 saturated heterocycles. The molecule has 1 aliphatic rings. The second-order valence-electron chi connectivity index (χ2n) is 7.56. The van der Waals surface area contributed by atoms with Crippen molar-refractivity contribution < 1.29 is 19.2 Å². The van der Waals surface area contributed by atoms with Crippen molar-refractivity contribution in [1.29, 1.82) is 0 Å². The van der Waals surface area contributed by atoms with Crippen molar-refractivity contribution in [2.24, 2.45) is 0 Å². The number of amides is 3. The molecular formula is C25H20N2O4. The zero-order chi connectivity index (χ0) is 22.3. The molecule has 0 aliphatic carbocycles. The summed E-state index contributed by atoms with van der Waals surface area (Å²) in [6.07, 6.45) is 0. The molecule has 0 unspecified atom stereocenters. The molecule has 3 amide bonds. The van der Waals surface area contributed by atoms with Crippen LogP contribution in [0.1, 0.15) is 59.5 Å². The fourth-order valence-corrected chi connectivity index (χ4v) is 3.47. The lowest BCUT2D eigenvalue weighted by Crippen LogP contribution is -2.29. The van der Waals surface area contributed by atoms with Crippen molar-refractivity contribution in [1.82, 2.24) is 0 Å². The summed E-state index contributed by atoms with van der Waals surface area (Å²) in [5.41, 5.74) is 4.35. The number of nitrogens with one attached hydrogen (secondary N) is 1. The minimum Gasteiger partial charge on any atom is -0.322 e. The van der Waals surface area contributed by atoms with E-state index >= 15 is 0 Å². The molecule has 0 atom stereocenters. The summed E-state index contributed by atoms with van der Waals surface area (Å²) < 4.78 is 0. The van der Waals surface area contributed by atoms with Gasteiger partial charge in [0.15, 0.2) is 5.78 Å². The number of nitrogens with zero attached hydrogens (tertiary/aromatic N) is 1. The summed E-state index contributed by atoms with van der Waals surface area (Å²) in [5, 5.41) is 2.74. The van der Waals surface area contributed by atoms with E-state index in [0.29, 0.717) is 16.9 Å². The Hall–Kier alpha value is -4.06. The average molecular weight is 412 g/mol. The summed E-state index contributed by atoms with van der Waals surface area (Å²) >= 11 is 0. The van der Waals surface area contributed by atoms with Crippen LogP contribution < -0.4 is 10.2 Å². The second kappa shape index (κ2) is 7.65. The minimum atomic E-state index is -0.455. The molecule has 1 aliphatic heterocycles. The number of fused-ring (bicyclic) bond motifs is 1. The number of benzene rings is 3. The van der Waals surface area contributed by atoms with E-state index < -0.39 is 17.7 Å². The van der Waals surface area contributed by atoms with Gasteiger partial charge in [0.1, 0.15) is 0 Å². The van der Waals surface area contributed by atoms with E-state index in [9.17, 15) is 19.2 Å². The maximum absolute atomic E-state index is 13.0. The Balaban J connectivity index is 1.59. The van der Waals surface area contributed by atoms with Crippen LogP contribution in [0.2, 0.25) is 0 Å². The second-order valence-corrected chi connectivity index (χ2v) is 7.56. The molecule has 0 aromatic heterocycles. The van der Waals surface area contributed by atoms with Gasteiger partial charge < -0.3 is 5.32 Å². The van der Waals surface area contributed by atoms with Crippen LogP contribution in [0.4, 0.5) is 11.4 Å². The highest BCUT2D eigenvalue weighted by Crippen LogP contribution is 2.30. The number of rotatable bonds is 4. The van der Waals surface area contributed by atoms with Gasteiger partial charge in [0.2, 0.25) is 0 Å². The lowest BCUT2D eigenvalue weighted by atomic mass is 10.1. The van der Waals surface area contributed by atoms with Gasteiger partial charge >= 0.3 is 0 Å². The molecular weight excluding hydrogens is 392 g/mol. The fourth-order valence-electron chi connectivity index (χ4n) is 3.47. The molecule has 1 N–H and O–H groups in total. The number of hydrogen-bond acceptors (Lipinski definition) is 4. The number of carbonyl (C=O) groups is 4. The van der Waals surface area contributed by atoms with Gasteiger partial charge in [0.05, 0.1) is 16.8 Å². The van der Waals surface area contributed by atoms with Crippen molar-refractivity contribution in [3.63, 3.8) is 0 Å². The molecule has 0 fully saturated rings. The van der Waals surface area contributed by atoms with Crippen molar-refractivity contribution in [2.75, 3.05) is 10.2 Å². The molecule has 6 nitrogen and oxygen atoms in total. The van der Waals surface area contributed by atoms with E-state index in [-0.39, 0.29) is 22.5 Å². The Kier molecular flexibility index (Phi) is 4.99. The Labute approximate surface area is 179 Å². The van der Waals surface area contributed by atoms with E-state index in [4.69, 9.17) is 0 Å². The quantitative estimate of drug-likeness (QED) is 0.503. The van der Waals surface area contributed by atoms with Crippen LogP contribution in [0.25, 0.3) is 0 Å². The van der Waals surface area contributed by atoms with Gasteiger partial charge in [-0.05, 0) is 86.5 Å². The Bertz CT molecular complexity index is 1260. The molecule has 3 aromatic carbocycles. The molecule has 3 aromatic rings. The topological polar surface area (TPSA) is 83.6 Å². The van der Waals surface area contributed by atoms with Crippen LogP contribution in [-0.4, -0.2) is 23.5 Å². The zero-order valence-electron chi connectivity index (χ0n) is 17.4. The summed E-state index contributed by atoms with van der Waals surface area (Å²) in [5.74, 6) is -1.34. The van der Waals surface area contributed by atoms with Crippen LogP contribution in [0, 0.1) is 13.8 Å². The Morgan fingerprint density at radius 3 is 2.03 bits per heavy atom. The molecule has 0 spiro atoms. The highest BCUT2D eigenvalue weighted by molar-refractivity contribution is 6.34. The third-order valence-electron chi connectivity index (χ3n) is 5.45. The van der Waals surface area contributed by atoms with E-state index in [1.807, 2.05) is 19.9 Å². The van der Waals surface area contributed by atoms with Crippen LogP contribution in [0.15, 0.2) is 60.7 Å². The molecule has 1 heterocycles. The average Bonchev–Trinajstić information content (AvgIpc) is 3.00. The highest BCUT2D eigenvalue weighted by Gasteiger charge is 2.37. The number of aryl methyl sites for hydroxylation is 2. The van der Waals surface area contributed by atoms with E-state index in [0.717, 1.165) is 16.0 Å². The lowest BCUT2D eigenvalue weighted by Gasteiger charge is -2.15. The Morgan fingerprint density at radius 2 is 1.39 bits per heavy atom. The number of hydrogen-bond donors (Lipinski definition) is 1. The number of carbonyl (C=O) groups excluding carboxylic acids is 4. The number of imide groups is 1. The largest absolute Gasteiger partial charge is 0.322 e. The smallest absolute Gasteiger partial charge is 0.266 e. The summed E-state index contributed by atoms with van der Waals surface area (Å²) in [4.78, 5) is 51.0. The first-order valence-corrected chi connectivity index (χ1v) is 9.78.